The van der Waals surface area contributed by atoms with Gasteiger partial charge in [0, 0.05) is 12.8 Å². The second-order valence-corrected chi connectivity index (χ2v) is 25.1. The SMILES string of the molecule is CCCCCCCC/C=C/CCCCCCCCCCCCCCCCCC(=O)NC(COP(=O)(O)OCC[N+](C)(C)C)C(/C=C\CCCCCCCCCCC)OC(=O)CCCCC/C=C\CCCCCCCCC. The van der Waals surface area contributed by atoms with Crippen LogP contribution < -0.4 is 5.32 Å². The highest BCUT2D eigenvalue weighted by Gasteiger charge is 2.30. The smallest absolute Gasteiger partial charge is 0.456 e. The van der Waals surface area contributed by atoms with E-state index in [1.54, 1.807) is 0 Å². The van der Waals surface area contributed by atoms with Crippen molar-refractivity contribution in [1.29, 1.82) is 0 Å². The first-order chi connectivity index (χ1) is 36.9. The fourth-order valence-corrected chi connectivity index (χ4v) is 10.4. The van der Waals surface area contributed by atoms with E-state index in [0.717, 1.165) is 70.6 Å². The lowest BCUT2D eigenvalue weighted by molar-refractivity contribution is -0.870. The quantitative estimate of drug-likeness (QED) is 0.0205. The molecule has 9 nitrogen and oxygen atoms in total. The Hall–Kier alpha value is -1.77. The summed E-state index contributed by atoms with van der Waals surface area (Å²) in [4.78, 5) is 37.7. The molecule has 0 rings (SSSR count). The number of nitrogens with one attached hydrogen (secondary N) is 1. The number of esters is 1. The molecule has 0 heterocycles. The van der Waals surface area contributed by atoms with Gasteiger partial charge in [-0.25, -0.2) is 4.57 Å². The van der Waals surface area contributed by atoms with E-state index in [9.17, 15) is 19.0 Å². The Kier molecular flexibility index (Phi) is 55.2. The van der Waals surface area contributed by atoms with Gasteiger partial charge in [-0.3, -0.25) is 18.6 Å². The lowest BCUT2D eigenvalue weighted by Crippen LogP contribution is -2.47. The predicted molar refractivity (Wildman–Crippen MR) is 328 cm³/mol. The van der Waals surface area contributed by atoms with Gasteiger partial charge < -0.3 is 19.4 Å². The van der Waals surface area contributed by atoms with Gasteiger partial charge in [-0.15, -0.1) is 0 Å². The molecule has 0 aliphatic heterocycles. The molecule has 3 atom stereocenters. The van der Waals surface area contributed by atoms with E-state index in [4.69, 9.17) is 13.8 Å². The van der Waals surface area contributed by atoms with Crippen LogP contribution in [-0.2, 0) is 27.9 Å². The third-order valence-electron chi connectivity index (χ3n) is 14.8. The first kappa shape index (κ1) is 74.2. The maximum atomic E-state index is 13.6. The molecular weight excluding hydrogens is 964 g/mol. The molecule has 0 radical (unpaired) electrons. The van der Waals surface area contributed by atoms with Crippen LogP contribution in [0.1, 0.15) is 323 Å². The van der Waals surface area contributed by atoms with Gasteiger partial charge in [-0.1, -0.05) is 263 Å². The summed E-state index contributed by atoms with van der Waals surface area (Å²) in [5.74, 6) is -0.511. The molecule has 0 aromatic rings. The first-order valence-electron chi connectivity index (χ1n) is 32.8. The maximum Gasteiger partial charge on any atom is 0.472 e. The van der Waals surface area contributed by atoms with Crippen LogP contribution in [0.2, 0.25) is 0 Å². The fraction of sp³-hybridized carbons (Fsp3) is 0.879. The van der Waals surface area contributed by atoms with Crippen LogP contribution in [0.3, 0.4) is 0 Å². The molecule has 1 amide bonds. The van der Waals surface area contributed by atoms with Crippen molar-refractivity contribution in [2.24, 2.45) is 0 Å². The Morgan fingerprint density at radius 3 is 1.13 bits per heavy atom. The van der Waals surface area contributed by atoms with Gasteiger partial charge in [0.1, 0.15) is 19.3 Å². The maximum absolute atomic E-state index is 13.6. The zero-order valence-electron chi connectivity index (χ0n) is 51.3. The number of nitrogens with zero attached hydrogens (tertiary/aromatic N) is 1. The standard InChI is InChI=1S/C66H127N2O7P/c1-7-10-13-16-19-22-25-27-29-30-31-32-33-34-35-36-37-38-39-40-43-46-49-52-55-58-65(69)67-63(62-74-76(71,72)73-61-60-68(4,5)6)64(57-54-51-48-45-42-24-21-18-15-12-9-3)75-66(70)59-56-53-50-47-44-41-28-26-23-20-17-14-11-8-2/h27,29,41,44,54,57,63-64H,7-26,28,30-40,42-43,45-53,55-56,58-62H2,1-6H3,(H-,67,69,71,72)/p+1/b29-27+,44-41-,57-54-. The van der Waals surface area contributed by atoms with Crippen molar-refractivity contribution >= 4 is 19.7 Å². The van der Waals surface area contributed by atoms with Crippen molar-refractivity contribution in [3.8, 4) is 0 Å². The van der Waals surface area contributed by atoms with Crippen molar-refractivity contribution < 1.29 is 37.3 Å². The van der Waals surface area contributed by atoms with E-state index >= 15 is 0 Å². The van der Waals surface area contributed by atoms with Gasteiger partial charge in [0.15, 0.2) is 0 Å². The Labute approximate surface area is 472 Å². The molecule has 76 heavy (non-hydrogen) atoms. The molecule has 448 valence electrons. The van der Waals surface area contributed by atoms with Crippen LogP contribution in [0.5, 0.6) is 0 Å². The van der Waals surface area contributed by atoms with Gasteiger partial charge in [-0.05, 0) is 83.1 Å². The van der Waals surface area contributed by atoms with Gasteiger partial charge in [0.05, 0.1) is 33.8 Å². The van der Waals surface area contributed by atoms with Crippen LogP contribution in [-0.4, -0.2) is 74.3 Å². The summed E-state index contributed by atoms with van der Waals surface area (Å²) in [7, 11) is 1.50. The highest BCUT2D eigenvalue weighted by atomic mass is 31.2. The molecule has 0 aliphatic rings. The molecule has 0 aromatic heterocycles. The lowest BCUT2D eigenvalue weighted by atomic mass is 10.0. The van der Waals surface area contributed by atoms with Crippen molar-refractivity contribution in [2.45, 2.75) is 335 Å². The fourth-order valence-electron chi connectivity index (χ4n) is 9.70. The summed E-state index contributed by atoms with van der Waals surface area (Å²) < 4.78 is 30.7. The summed E-state index contributed by atoms with van der Waals surface area (Å²) in [6.07, 6.45) is 68.7. The molecular formula is C66H128N2O7P+. The van der Waals surface area contributed by atoms with E-state index in [0.29, 0.717) is 17.4 Å². The Morgan fingerprint density at radius 2 is 0.763 bits per heavy atom. The van der Waals surface area contributed by atoms with Crippen LogP contribution in [0.15, 0.2) is 36.5 Å². The zero-order chi connectivity index (χ0) is 55.7. The zero-order valence-corrected chi connectivity index (χ0v) is 52.2. The summed E-state index contributed by atoms with van der Waals surface area (Å²) in [5, 5.41) is 3.06. The number of hydrogen-bond acceptors (Lipinski definition) is 6. The Balaban J connectivity index is 5.03. The number of ether oxygens (including phenoxy) is 1. The Bertz CT molecular complexity index is 1400. The number of hydrogen-bond donors (Lipinski definition) is 2. The van der Waals surface area contributed by atoms with Gasteiger partial charge >= 0.3 is 13.8 Å². The molecule has 0 bridgehead atoms. The number of rotatable bonds is 60. The second-order valence-electron chi connectivity index (χ2n) is 23.6. The molecule has 3 unspecified atom stereocenters. The van der Waals surface area contributed by atoms with Crippen molar-refractivity contribution in [1.82, 2.24) is 5.32 Å². The number of amides is 1. The minimum Gasteiger partial charge on any atom is -0.456 e. The van der Waals surface area contributed by atoms with E-state index in [1.807, 2.05) is 33.3 Å². The summed E-state index contributed by atoms with van der Waals surface area (Å²) in [5.41, 5.74) is 0. The number of quaternary nitrogens is 1. The van der Waals surface area contributed by atoms with Crippen LogP contribution >= 0.6 is 7.82 Å². The average molecular weight is 1090 g/mol. The molecule has 0 saturated carbocycles. The molecule has 0 aromatic carbocycles. The minimum atomic E-state index is -4.45. The lowest BCUT2D eigenvalue weighted by Gasteiger charge is -2.27. The molecule has 2 N–H and O–H groups in total. The second kappa shape index (κ2) is 56.5. The van der Waals surface area contributed by atoms with E-state index in [1.165, 1.54) is 218 Å². The van der Waals surface area contributed by atoms with Gasteiger partial charge in [-0.2, -0.15) is 0 Å². The largest absolute Gasteiger partial charge is 0.472 e. The van der Waals surface area contributed by atoms with Crippen LogP contribution in [0.25, 0.3) is 0 Å². The molecule has 0 saturated heterocycles. The number of likely N-dealkylation sites (N-methyl/N-ethyl adjacent to an activating group) is 1. The molecule has 0 spiro atoms. The van der Waals surface area contributed by atoms with Gasteiger partial charge in [0.2, 0.25) is 5.91 Å². The first-order valence-corrected chi connectivity index (χ1v) is 34.3. The number of carbonyl (C=O) groups is 2. The molecule has 0 aliphatic carbocycles. The van der Waals surface area contributed by atoms with Crippen LogP contribution in [0.4, 0.5) is 0 Å². The van der Waals surface area contributed by atoms with Crippen LogP contribution in [0, 0.1) is 0 Å². The highest BCUT2D eigenvalue weighted by Crippen LogP contribution is 2.43. The minimum absolute atomic E-state index is 0.0402. The van der Waals surface area contributed by atoms with E-state index < -0.39 is 20.0 Å². The number of unbranched alkanes of at least 4 members (excludes halogenated alkanes) is 40. The predicted octanol–water partition coefficient (Wildman–Crippen LogP) is 20.3. The number of carbonyl (C=O) groups excluding carboxylic acids is 2. The summed E-state index contributed by atoms with van der Waals surface area (Å²) in [6.45, 7) is 7.02. The van der Waals surface area contributed by atoms with Crippen molar-refractivity contribution in [3.63, 3.8) is 0 Å². The third-order valence-corrected chi connectivity index (χ3v) is 15.8. The van der Waals surface area contributed by atoms with E-state index in [-0.39, 0.29) is 31.5 Å². The van der Waals surface area contributed by atoms with Crippen molar-refractivity contribution in [2.75, 3.05) is 40.9 Å². The normalized spacial score (nSPS) is 13.8. The average Bonchev–Trinajstić information content (AvgIpc) is 3.38. The van der Waals surface area contributed by atoms with Gasteiger partial charge in [0.25, 0.3) is 0 Å². The summed E-state index contributed by atoms with van der Waals surface area (Å²) in [6, 6.07) is -0.850. The third kappa shape index (κ3) is 56.9. The Morgan fingerprint density at radius 1 is 0.447 bits per heavy atom. The topological polar surface area (TPSA) is 111 Å². The summed E-state index contributed by atoms with van der Waals surface area (Å²) >= 11 is 0. The molecule has 10 heteroatoms. The number of phosphoric acid groups is 1. The van der Waals surface area contributed by atoms with E-state index in [2.05, 4.69) is 50.4 Å². The molecule has 0 fully saturated rings. The number of allylic oxidation sites excluding steroid dienone is 5. The van der Waals surface area contributed by atoms with Crippen molar-refractivity contribution in [3.05, 3.63) is 36.5 Å². The number of phosphoric ester groups is 1. The monoisotopic (exact) mass is 1090 g/mol. The highest BCUT2D eigenvalue weighted by molar-refractivity contribution is 7.47.